The van der Waals surface area contributed by atoms with Gasteiger partial charge < -0.3 is 11.1 Å². The van der Waals surface area contributed by atoms with Crippen molar-refractivity contribution in [1.29, 1.82) is 0 Å². The smallest absolute Gasteiger partial charge is 0.225 e. The molecule has 2 rings (SSSR count). The lowest BCUT2D eigenvalue weighted by atomic mass is 10.0. The predicted molar refractivity (Wildman–Crippen MR) is 80.0 cm³/mol. The Bertz CT molecular complexity index is 572. The van der Waals surface area contributed by atoms with Crippen LogP contribution in [0.1, 0.15) is 20.3 Å². The van der Waals surface area contributed by atoms with Crippen LogP contribution >= 0.6 is 0 Å². The van der Waals surface area contributed by atoms with Crippen molar-refractivity contribution in [2.45, 2.75) is 26.3 Å². The van der Waals surface area contributed by atoms with Gasteiger partial charge in [0, 0.05) is 23.5 Å². The van der Waals surface area contributed by atoms with Crippen LogP contribution in [-0.2, 0) is 4.79 Å². The molecule has 0 heterocycles. The number of rotatable bonds is 4. The summed E-state index contributed by atoms with van der Waals surface area (Å²) in [5.74, 6) is 0.274. The first kappa shape index (κ1) is 13.6. The van der Waals surface area contributed by atoms with Gasteiger partial charge in [-0.1, -0.05) is 50.2 Å². The van der Waals surface area contributed by atoms with E-state index in [4.69, 9.17) is 5.73 Å². The quantitative estimate of drug-likeness (QED) is 0.883. The predicted octanol–water partition coefficient (Wildman–Crippen LogP) is 3.15. The van der Waals surface area contributed by atoms with E-state index in [1.165, 1.54) is 0 Å². The molecule has 1 amide bonds. The molecule has 0 aliphatic rings. The van der Waals surface area contributed by atoms with E-state index in [9.17, 15) is 4.79 Å². The van der Waals surface area contributed by atoms with Gasteiger partial charge in [-0.15, -0.1) is 0 Å². The average molecular weight is 256 g/mol. The minimum atomic E-state index is -0.102. The lowest BCUT2D eigenvalue weighted by Gasteiger charge is -2.15. The standard InChI is InChI=1S/C16H20N2O/c1-11(2)14(17)10-16(19)18-15-9-5-7-12-6-3-4-8-13(12)15/h3-9,11,14H,10,17H2,1-2H3,(H,18,19). The fourth-order valence-electron chi connectivity index (χ4n) is 1.99. The van der Waals surface area contributed by atoms with Gasteiger partial charge in [0.25, 0.3) is 0 Å². The zero-order valence-corrected chi connectivity index (χ0v) is 11.4. The highest BCUT2D eigenvalue weighted by molar-refractivity contribution is 6.02. The molecule has 3 N–H and O–H groups in total. The second-order valence-electron chi connectivity index (χ2n) is 5.19. The number of hydrogen-bond donors (Lipinski definition) is 2. The van der Waals surface area contributed by atoms with E-state index in [-0.39, 0.29) is 11.9 Å². The molecular formula is C16H20N2O. The second-order valence-corrected chi connectivity index (χ2v) is 5.19. The third-order valence-corrected chi connectivity index (χ3v) is 3.34. The van der Waals surface area contributed by atoms with E-state index < -0.39 is 0 Å². The summed E-state index contributed by atoms with van der Waals surface area (Å²) in [5, 5.41) is 5.12. The zero-order valence-electron chi connectivity index (χ0n) is 11.4. The van der Waals surface area contributed by atoms with Crippen molar-refractivity contribution in [2.75, 3.05) is 5.32 Å². The molecule has 0 saturated carbocycles. The first-order valence-electron chi connectivity index (χ1n) is 6.61. The summed E-state index contributed by atoms with van der Waals surface area (Å²) in [5.41, 5.74) is 6.77. The number of anilines is 1. The van der Waals surface area contributed by atoms with E-state index in [0.29, 0.717) is 12.3 Å². The molecule has 1 atom stereocenters. The monoisotopic (exact) mass is 256 g/mol. The molecular weight excluding hydrogens is 236 g/mol. The maximum absolute atomic E-state index is 12.0. The van der Waals surface area contributed by atoms with Gasteiger partial charge in [-0.25, -0.2) is 0 Å². The Kier molecular flexibility index (Phi) is 4.17. The number of carbonyl (C=O) groups is 1. The van der Waals surface area contributed by atoms with Crippen LogP contribution in [0.4, 0.5) is 5.69 Å². The molecule has 0 bridgehead atoms. The molecule has 2 aromatic carbocycles. The van der Waals surface area contributed by atoms with Gasteiger partial charge in [0.2, 0.25) is 5.91 Å². The molecule has 19 heavy (non-hydrogen) atoms. The van der Waals surface area contributed by atoms with Gasteiger partial charge in [0.05, 0.1) is 0 Å². The Morgan fingerprint density at radius 1 is 1.16 bits per heavy atom. The Hall–Kier alpha value is -1.87. The highest BCUT2D eigenvalue weighted by atomic mass is 16.1. The lowest BCUT2D eigenvalue weighted by molar-refractivity contribution is -0.116. The van der Waals surface area contributed by atoms with E-state index in [1.54, 1.807) is 0 Å². The van der Waals surface area contributed by atoms with Crippen molar-refractivity contribution in [1.82, 2.24) is 0 Å². The van der Waals surface area contributed by atoms with Crippen LogP contribution in [0.5, 0.6) is 0 Å². The molecule has 0 spiro atoms. The van der Waals surface area contributed by atoms with Gasteiger partial charge in [-0.2, -0.15) is 0 Å². The third-order valence-electron chi connectivity index (χ3n) is 3.34. The van der Waals surface area contributed by atoms with Crippen LogP contribution in [0.3, 0.4) is 0 Å². The SMILES string of the molecule is CC(C)C(N)CC(=O)Nc1cccc2ccccc12. The van der Waals surface area contributed by atoms with E-state index >= 15 is 0 Å². The summed E-state index contributed by atoms with van der Waals surface area (Å²) in [6.07, 6.45) is 0.348. The number of amides is 1. The molecule has 0 radical (unpaired) electrons. The van der Waals surface area contributed by atoms with Crippen LogP contribution in [-0.4, -0.2) is 11.9 Å². The van der Waals surface area contributed by atoms with Crippen LogP contribution in [0, 0.1) is 5.92 Å². The highest BCUT2D eigenvalue weighted by Crippen LogP contribution is 2.23. The Morgan fingerprint density at radius 2 is 1.84 bits per heavy atom. The van der Waals surface area contributed by atoms with Gasteiger partial charge >= 0.3 is 0 Å². The van der Waals surface area contributed by atoms with E-state index in [1.807, 2.05) is 56.3 Å². The number of fused-ring (bicyclic) bond motifs is 1. The first-order chi connectivity index (χ1) is 9.08. The summed E-state index contributed by atoms with van der Waals surface area (Å²) >= 11 is 0. The van der Waals surface area contributed by atoms with Gasteiger partial charge in [0.15, 0.2) is 0 Å². The lowest BCUT2D eigenvalue weighted by Crippen LogP contribution is -2.31. The van der Waals surface area contributed by atoms with Gasteiger partial charge in [-0.3, -0.25) is 4.79 Å². The summed E-state index contributed by atoms with van der Waals surface area (Å²) in [7, 11) is 0. The first-order valence-corrected chi connectivity index (χ1v) is 6.61. The molecule has 3 heteroatoms. The molecule has 3 nitrogen and oxygen atoms in total. The number of nitrogens with two attached hydrogens (primary N) is 1. The maximum Gasteiger partial charge on any atom is 0.225 e. The minimum Gasteiger partial charge on any atom is -0.327 e. The van der Waals surface area contributed by atoms with E-state index in [2.05, 4.69) is 5.32 Å². The molecule has 0 aromatic heterocycles. The van der Waals surface area contributed by atoms with Gasteiger partial charge in [0.1, 0.15) is 0 Å². The van der Waals surface area contributed by atoms with Crippen LogP contribution < -0.4 is 11.1 Å². The normalized spacial score (nSPS) is 12.6. The number of hydrogen-bond acceptors (Lipinski definition) is 2. The topological polar surface area (TPSA) is 55.1 Å². The van der Waals surface area contributed by atoms with Crippen molar-refractivity contribution in [3.8, 4) is 0 Å². The molecule has 100 valence electrons. The van der Waals surface area contributed by atoms with Crippen molar-refractivity contribution >= 4 is 22.4 Å². The second kappa shape index (κ2) is 5.85. The zero-order chi connectivity index (χ0) is 13.8. The summed E-state index contributed by atoms with van der Waals surface area (Å²) in [6.45, 7) is 4.05. The Morgan fingerprint density at radius 3 is 2.58 bits per heavy atom. The van der Waals surface area contributed by atoms with Crippen molar-refractivity contribution < 1.29 is 4.79 Å². The molecule has 0 aliphatic heterocycles. The van der Waals surface area contributed by atoms with Crippen molar-refractivity contribution in [2.24, 2.45) is 11.7 Å². The van der Waals surface area contributed by atoms with Gasteiger partial charge in [-0.05, 0) is 17.4 Å². The molecule has 2 aromatic rings. The fourth-order valence-corrected chi connectivity index (χ4v) is 1.99. The minimum absolute atomic E-state index is 0.0300. The molecule has 1 unspecified atom stereocenters. The number of benzene rings is 2. The van der Waals surface area contributed by atoms with Crippen LogP contribution in [0.25, 0.3) is 10.8 Å². The number of carbonyl (C=O) groups excluding carboxylic acids is 1. The van der Waals surface area contributed by atoms with Crippen LogP contribution in [0.2, 0.25) is 0 Å². The number of nitrogens with one attached hydrogen (secondary N) is 1. The largest absolute Gasteiger partial charge is 0.327 e. The Balaban J connectivity index is 2.15. The van der Waals surface area contributed by atoms with E-state index in [0.717, 1.165) is 16.5 Å². The summed E-state index contributed by atoms with van der Waals surface area (Å²) in [6, 6.07) is 13.8. The third kappa shape index (κ3) is 3.32. The molecule has 0 saturated heterocycles. The van der Waals surface area contributed by atoms with Crippen molar-refractivity contribution in [3.63, 3.8) is 0 Å². The summed E-state index contributed by atoms with van der Waals surface area (Å²) in [4.78, 5) is 12.0. The molecule has 0 fully saturated rings. The molecule has 0 aliphatic carbocycles. The summed E-state index contributed by atoms with van der Waals surface area (Å²) < 4.78 is 0. The fraction of sp³-hybridized carbons (Fsp3) is 0.312. The van der Waals surface area contributed by atoms with Crippen LogP contribution in [0.15, 0.2) is 42.5 Å². The highest BCUT2D eigenvalue weighted by Gasteiger charge is 2.13. The average Bonchev–Trinajstić information content (AvgIpc) is 2.39. The maximum atomic E-state index is 12.0. The Labute approximate surface area is 113 Å². The van der Waals surface area contributed by atoms with Crippen molar-refractivity contribution in [3.05, 3.63) is 42.5 Å².